The fourth-order valence-corrected chi connectivity index (χ4v) is 2.57. The standard InChI is InChI=1S/C16H12ClNO/c1-10-4-2-7-13-14(9-19)16(18-15(10)13)11-5-3-6-12(17)8-11/h2-9,18H,1H3. The maximum Gasteiger partial charge on any atom is 0.152 e. The molecule has 2 nitrogen and oxygen atoms in total. The molecule has 0 unspecified atom stereocenters. The summed E-state index contributed by atoms with van der Waals surface area (Å²) in [6, 6.07) is 13.4. The molecule has 0 aliphatic rings. The van der Waals surface area contributed by atoms with Crippen LogP contribution in [-0.2, 0) is 0 Å². The molecule has 0 atom stereocenters. The summed E-state index contributed by atoms with van der Waals surface area (Å²) in [6.45, 7) is 2.02. The lowest BCUT2D eigenvalue weighted by Crippen LogP contribution is -1.84. The zero-order chi connectivity index (χ0) is 13.4. The van der Waals surface area contributed by atoms with Crippen molar-refractivity contribution in [3.05, 3.63) is 58.6 Å². The first-order valence-electron chi connectivity index (χ1n) is 6.03. The second-order valence-electron chi connectivity index (χ2n) is 4.54. The van der Waals surface area contributed by atoms with E-state index in [1.807, 2.05) is 49.4 Å². The van der Waals surface area contributed by atoms with Crippen LogP contribution in [0.15, 0.2) is 42.5 Å². The molecule has 3 aromatic rings. The molecule has 0 saturated carbocycles. The highest BCUT2D eigenvalue weighted by Crippen LogP contribution is 2.31. The lowest BCUT2D eigenvalue weighted by atomic mass is 10.1. The third-order valence-electron chi connectivity index (χ3n) is 3.31. The number of aryl methyl sites for hydroxylation is 1. The zero-order valence-corrected chi connectivity index (χ0v) is 11.2. The Morgan fingerprint density at radius 3 is 2.68 bits per heavy atom. The van der Waals surface area contributed by atoms with Gasteiger partial charge in [-0.05, 0) is 24.6 Å². The van der Waals surface area contributed by atoms with Crippen molar-refractivity contribution < 1.29 is 4.79 Å². The van der Waals surface area contributed by atoms with E-state index in [-0.39, 0.29) is 0 Å². The Hall–Kier alpha value is -2.06. The molecule has 0 saturated heterocycles. The summed E-state index contributed by atoms with van der Waals surface area (Å²) < 4.78 is 0. The number of carbonyl (C=O) groups is 1. The fourth-order valence-electron chi connectivity index (χ4n) is 2.38. The van der Waals surface area contributed by atoms with Crippen molar-refractivity contribution in [3.63, 3.8) is 0 Å². The van der Waals surface area contributed by atoms with Crippen LogP contribution >= 0.6 is 11.6 Å². The first kappa shape index (κ1) is 12.0. The molecule has 0 spiro atoms. The van der Waals surface area contributed by atoms with Gasteiger partial charge in [-0.2, -0.15) is 0 Å². The number of rotatable bonds is 2. The number of nitrogens with one attached hydrogen (secondary N) is 1. The maximum atomic E-state index is 11.4. The minimum atomic E-state index is 0.657. The predicted molar refractivity (Wildman–Crippen MR) is 78.9 cm³/mol. The van der Waals surface area contributed by atoms with Gasteiger partial charge in [0.05, 0.1) is 5.69 Å². The quantitative estimate of drug-likeness (QED) is 0.677. The third-order valence-corrected chi connectivity index (χ3v) is 3.55. The van der Waals surface area contributed by atoms with Crippen LogP contribution in [0.5, 0.6) is 0 Å². The summed E-state index contributed by atoms with van der Waals surface area (Å²) in [4.78, 5) is 14.8. The van der Waals surface area contributed by atoms with Gasteiger partial charge in [-0.1, -0.05) is 41.9 Å². The fraction of sp³-hybridized carbons (Fsp3) is 0.0625. The third kappa shape index (κ3) is 1.94. The Kier molecular flexibility index (Phi) is 2.88. The molecule has 3 heteroatoms. The van der Waals surface area contributed by atoms with Gasteiger partial charge in [0.2, 0.25) is 0 Å². The number of halogens is 1. The van der Waals surface area contributed by atoms with Crippen molar-refractivity contribution >= 4 is 28.8 Å². The average molecular weight is 270 g/mol. The van der Waals surface area contributed by atoms with E-state index in [2.05, 4.69) is 4.98 Å². The van der Waals surface area contributed by atoms with Crippen molar-refractivity contribution in [2.75, 3.05) is 0 Å². The number of para-hydroxylation sites is 1. The summed E-state index contributed by atoms with van der Waals surface area (Å²) in [7, 11) is 0. The molecule has 0 aliphatic heterocycles. The van der Waals surface area contributed by atoms with Crippen LogP contribution in [0.25, 0.3) is 22.2 Å². The Morgan fingerprint density at radius 1 is 1.16 bits per heavy atom. The van der Waals surface area contributed by atoms with E-state index in [1.54, 1.807) is 0 Å². The van der Waals surface area contributed by atoms with E-state index in [4.69, 9.17) is 11.6 Å². The van der Waals surface area contributed by atoms with E-state index < -0.39 is 0 Å². The van der Waals surface area contributed by atoms with Crippen molar-refractivity contribution in [1.82, 2.24) is 4.98 Å². The highest BCUT2D eigenvalue weighted by Gasteiger charge is 2.13. The van der Waals surface area contributed by atoms with Gasteiger partial charge >= 0.3 is 0 Å². The Labute approximate surface area is 116 Å². The lowest BCUT2D eigenvalue weighted by molar-refractivity contribution is 0.112. The summed E-state index contributed by atoms with van der Waals surface area (Å²) in [5, 5.41) is 1.61. The average Bonchev–Trinajstić information content (AvgIpc) is 2.79. The molecule has 0 radical (unpaired) electrons. The summed E-state index contributed by atoms with van der Waals surface area (Å²) in [5.41, 5.74) is 4.54. The number of H-pyrrole nitrogens is 1. The first-order valence-corrected chi connectivity index (χ1v) is 6.41. The molecule has 0 fully saturated rings. The Balaban J connectivity index is 2.35. The highest BCUT2D eigenvalue weighted by molar-refractivity contribution is 6.30. The van der Waals surface area contributed by atoms with E-state index >= 15 is 0 Å². The number of aromatic amines is 1. The number of benzene rings is 2. The van der Waals surface area contributed by atoms with Crippen LogP contribution in [0.2, 0.25) is 5.02 Å². The van der Waals surface area contributed by atoms with Crippen molar-refractivity contribution in [1.29, 1.82) is 0 Å². The molecule has 1 N–H and O–H groups in total. The number of aldehydes is 1. The number of fused-ring (bicyclic) bond motifs is 1. The molecule has 0 aliphatic carbocycles. The highest BCUT2D eigenvalue weighted by atomic mass is 35.5. The molecule has 94 valence electrons. The smallest absolute Gasteiger partial charge is 0.152 e. The number of hydrogen-bond acceptors (Lipinski definition) is 1. The maximum absolute atomic E-state index is 11.4. The topological polar surface area (TPSA) is 32.9 Å². The summed E-state index contributed by atoms with van der Waals surface area (Å²) >= 11 is 6.02. The van der Waals surface area contributed by atoms with Gasteiger partial charge in [0.15, 0.2) is 6.29 Å². The SMILES string of the molecule is Cc1cccc2c(C=O)c(-c3cccc(Cl)c3)[nH]c12. The first-order chi connectivity index (χ1) is 9.20. The normalized spacial score (nSPS) is 10.8. The van der Waals surface area contributed by atoms with Crippen LogP contribution < -0.4 is 0 Å². The lowest BCUT2D eigenvalue weighted by Gasteiger charge is -2.00. The van der Waals surface area contributed by atoms with Crippen molar-refractivity contribution in [2.24, 2.45) is 0 Å². The molecule has 1 aromatic heterocycles. The van der Waals surface area contributed by atoms with Crippen molar-refractivity contribution in [2.45, 2.75) is 6.92 Å². The van der Waals surface area contributed by atoms with E-state index in [9.17, 15) is 4.79 Å². The zero-order valence-electron chi connectivity index (χ0n) is 10.4. The van der Waals surface area contributed by atoms with Crippen LogP contribution in [0.1, 0.15) is 15.9 Å². The Bertz CT molecular complexity index is 774. The van der Waals surface area contributed by atoms with Gasteiger partial charge < -0.3 is 4.98 Å². The van der Waals surface area contributed by atoms with Crippen molar-refractivity contribution in [3.8, 4) is 11.3 Å². The molecule has 3 rings (SSSR count). The van der Waals surface area contributed by atoms with Crippen LogP contribution in [0.3, 0.4) is 0 Å². The monoisotopic (exact) mass is 269 g/mol. The van der Waals surface area contributed by atoms with Gasteiger partial charge in [-0.25, -0.2) is 0 Å². The molecular weight excluding hydrogens is 258 g/mol. The second kappa shape index (κ2) is 4.56. The summed E-state index contributed by atoms with van der Waals surface area (Å²) in [6.07, 6.45) is 0.897. The number of hydrogen-bond donors (Lipinski definition) is 1. The molecule has 2 aromatic carbocycles. The molecular formula is C16H12ClNO. The number of aromatic nitrogens is 1. The van der Waals surface area contributed by atoms with E-state index in [0.29, 0.717) is 10.6 Å². The molecule has 1 heterocycles. The molecule has 19 heavy (non-hydrogen) atoms. The Morgan fingerprint density at radius 2 is 1.95 bits per heavy atom. The number of carbonyl (C=O) groups excluding carboxylic acids is 1. The van der Waals surface area contributed by atoms with Gasteiger partial charge in [0.25, 0.3) is 0 Å². The summed E-state index contributed by atoms with van der Waals surface area (Å²) in [5.74, 6) is 0. The van der Waals surface area contributed by atoms with Crippen LogP contribution in [0.4, 0.5) is 0 Å². The minimum absolute atomic E-state index is 0.657. The van der Waals surface area contributed by atoms with Crippen LogP contribution in [0, 0.1) is 6.92 Å². The van der Waals surface area contributed by atoms with E-state index in [1.165, 1.54) is 0 Å². The van der Waals surface area contributed by atoms with Gasteiger partial charge in [-0.3, -0.25) is 4.79 Å². The van der Waals surface area contributed by atoms with E-state index in [0.717, 1.165) is 34.0 Å². The molecule has 0 amide bonds. The molecule has 0 bridgehead atoms. The van der Waals surface area contributed by atoms with Gasteiger partial charge in [0.1, 0.15) is 0 Å². The second-order valence-corrected chi connectivity index (χ2v) is 4.98. The van der Waals surface area contributed by atoms with Crippen LogP contribution in [-0.4, -0.2) is 11.3 Å². The van der Waals surface area contributed by atoms with Gasteiger partial charge in [-0.15, -0.1) is 0 Å². The van der Waals surface area contributed by atoms with Gasteiger partial charge in [0, 0.05) is 27.1 Å². The predicted octanol–water partition coefficient (Wildman–Crippen LogP) is 4.61. The largest absolute Gasteiger partial charge is 0.354 e. The minimum Gasteiger partial charge on any atom is -0.354 e.